The number of carboxylic acids is 1. The molecule has 0 bridgehead atoms. The number of carbonyl (C=O) groups is 3. The zero-order chi connectivity index (χ0) is 14.0. The van der Waals surface area contributed by atoms with Crippen molar-refractivity contribution in [2.45, 2.75) is 0 Å². The number of amides is 1. The molecule has 0 saturated carbocycles. The first-order valence-electron chi connectivity index (χ1n) is 5.07. The van der Waals surface area contributed by atoms with Gasteiger partial charge in [0.25, 0.3) is 0 Å². The van der Waals surface area contributed by atoms with Crippen LogP contribution >= 0.6 is 0 Å². The fraction of sp³-hybridized carbons (Fsp3) is 0.364. The Morgan fingerprint density at radius 3 is 2.44 bits per heavy atom. The number of cyclic esters (lactones) is 1. The molecular formula is C11H15NO6. The van der Waals surface area contributed by atoms with Crippen LogP contribution in [0.2, 0.25) is 0 Å². The second-order valence-corrected chi connectivity index (χ2v) is 3.02. The van der Waals surface area contributed by atoms with Gasteiger partial charge in [-0.05, 0) is 0 Å². The summed E-state index contributed by atoms with van der Waals surface area (Å²) in [4.78, 5) is 32.2. The summed E-state index contributed by atoms with van der Waals surface area (Å²) in [6.07, 6.45) is 1.57. The molecule has 0 aromatic heterocycles. The molecule has 1 amide bonds. The second-order valence-electron chi connectivity index (χ2n) is 3.02. The first-order chi connectivity index (χ1) is 8.51. The van der Waals surface area contributed by atoms with Crippen molar-refractivity contribution in [1.29, 1.82) is 0 Å². The minimum Gasteiger partial charge on any atom is -0.478 e. The number of hydrogen-bond donors (Lipinski definition) is 1. The van der Waals surface area contributed by atoms with Gasteiger partial charge >= 0.3 is 18.0 Å². The van der Waals surface area contributed by atoms with E-state index in [-0.39, 0.29) is 12.7 Å². The molecule has 0 aliphatic carbocycles. The van der Waals surface area contributed by atoms with E-state index < -0.39 is 11.9 Å². The van der Waals surface area contributed by atoms with Crippen molar-refractivity contribution in [3.63, 3.8) is 0 Å². The predicted molar refractivity (Wildman–Crippen MR) is 61.9 cm³/mol. The molecular weight excluding hydrogens is 242 g/mol. The molecule has 7 heteroatoms. The number of nitrogens with zero attached hydrogens (tertiary/aromatic N) is 1. The van der Waals surface area contributed by atoms with Gasteiger partial charge in [-0.25, -0.2) is 14.4 Å². The predicted octanol–water partition coefficient (Wildman–Crippen LogP) is 0.425. The average molecular weight is 257 g/mol. The standard InChI is InChI=1S/C8H11NO4.C3H4O2/c1-2-7(10)12-5-3-9-4-6-13-8(9)11;1-2-3(4)5/h2H,1,3-6H2;2H,1H2,(H,4,5). The van der Waals surface area contributed by atoms with Crippen LogP contribution in [0.3, 0.4) is 0 Å². The van der Waals surface area contributed by atoms with Gasteiger partial charge in [0.15, 0.2) is 0 Å². The number of hydrogen-bond acceptors (Lipinski definition) is 5. The van der Waals surface area contributed by atoms with Crippen molar-refractivity contribution < 1.29 is 29.0 Å². The smallest absolute Gasteiger partial charge is 0.410 e. The Hall–Kier alpha value is -2.31. The van der Waals surface area contributed by atoms with Crippen LogP contribution in [0.5, 0.6) is 0 Å². The number of rotatable bonds is 5. The van der Waals surface area contributed by atoms with Crippen molar-refractivity contribution in [2.75, 3.05) is 26.3 Å². The maximum Gasteiger partial charge on any atom is 0.410 e. The quantitative estimate of drug-likeness (QED) is 0.567. The van der Waals surface area contributed by atoms with Gasteiger partial charge in [0.05, 0.1) is 13.1 Å². The van der Waals surface area contributed by atoms with E-state index in [2.05, 4.69) is 17.9 Å². The zero-order valence-corrected chi connectivity index (χ0v) is 9.83. The summed E-state index contributed by atoms with van der Waals surface area (Å²) in [5, 5.41) is 7.60. The highest BCUT2D eigenvalue weighted by Crippen LogP contribution is 2.01. The Morgan fingerprint density at radius 2 is 2.06 bits per heavy atom. The molecule has 0 aromatic rings. The second kappa shape index (κ2) is 8.80. The summed E-state index contributed by atoms with van der Waals surface area (Å²) >= 11 is 0. The molecule has 0 atom stereocenters. The first-order valence-corrected chi connectivity index (χ1v) is 5.07. The van der Waals surface area contributed by atoms with Crippen LogP contribution < -0.4 is 0 Å². The lowest BCUT2D eigenvalue weighted by Crippen LogP contribution is -2.28. The Kier molecular flexibility index (Phi) is 7.67. The van der Waals surface area contributed by atoms with Crippen LogP contribution in [0, 0.1) is 0 Å². The Balaban J connectivity index is 0.000000494. The largest absolute Gasteiger partial charge is 0.478 e. The summed E-state index contributed by atoms with van der Waals surface area (Å²) in [6, 6.07) is 0. The van der Waals surface area contributed by atoms with Crippen molar-refractivity contribution in [3.8, 4) is 0 Å². The van der Waals surface area contributed by atoms with Gasteiger partial charge in [-0.15, -0.1) is 0 Å². The maximum atomic E-state index is 10.9. The number of esters is 1. The van der Waals surface area contributed by atoms with Crippen molar-refractivity contribution in [1.82, 2.24) is 4.90 Å². The zero-order valence-electron chi connectivity index (χ0n) is 9.83. The maximum absolute atomic E-state index is 10.9. The molecule has 100 valence electrons. The highest BCUT2D eigenvalue weighted by atomic mass is 16.6. The van der Waals surface area contributed by atoms with E-state index in [0.29, 0.717) is 19.7 Å². The third-order valence-corrected chi connectivity index (χ3v) is 1.79. The third kappa shape index (κ3) is 7.04. The molecule has 1 fully saturated rings. The highest BCUT2D eigenvalue weighted by Gasteiger charge is 2.21. The number of ether oxygens (including phenoxy) is 2. The van der Waals surface area contributed by atoms with E-state index in [1.54, 1.807) is 0 Å². The molecule has 1 heterocycles. The Morgan fingerprint density at radius 1 is 1.44 bits per heavy atom. The van der Waals surface area contributed by atoms with Crippen molar-refractivity contribution >= 4 is 18.0 Å². The summed E-state index contributed by atoms with van der Waals surface area (Å²) < 4.78 is 9.37. The molecule has 1 saturated heterocycles. The van der Waals surface area contributed by atoms with Crippen molar-refractivity contribution in [3.05, 3.63) is 25.3 Å². The molecule has 0 radical (unpaired) electrons. The highest BCUT2D eigenvalue weighted by molar-refractivity contribution is 5.81. The Bertz CT molecular complexity index is 338. The van der Waals surface area contributed by atoms with E-state index in [4.69, 9.17) is 9.84 Å². The van der Waals surface area contributed by atoms with Crippen LogP contribution in [0.15, 0.2) is 25.3 Å². The van der Waals surface area contributed by atoms with E-state index in [9.17, 15) is 14.4 Å². The van der Waals surface area contributed by atoms with E-state index in [1.807, 2.05) is 0 Å². The SMILES string of the molecule is C=CC(=O)O.C=CC(=O)OCCN1CCOC1=O. The van der Waals surface area contributed by atoms with Crippen LogP contribution in [-0.2, 0) is 19.1 Å². The van der Waals surface area contributed by atoms with Gasteiger partial charge in [0.1, 0.15) is 13.2 Å². The molecule has 18 heavy (non-hydrogen) atoms. The average Bonchev–Trinajstić information content (AvgIpc) is 2.75. The Labute approximate surface area is 104 Å². The molecule has 0 aromatic carbocycles. The molecule has 1 N–H and O–H groups in total. The van der Waals surface area contributed by atoms with Crippen LogP contribution in [0.25, 0.3) is 0 Å². The molecule has 0 unspecified atom stereocenters. The fourth-order valence-electron chi connectivity index (χ4n) is 0.944. The molecule has 1 aliphatic heterocycles. The van der Waals surface area contributed by atoms with Gasteiger partial charge in [0.2, 0.25) is 0 Å². The first kappa shape index (κ1) is 15.7. The summed E-state index contributed by atoms with van der Waals surface area (Å²) in [6.45, 7) is 7.73. The van der Waals surface area contributed by atoms with Gasteiger partial charge < -0.3 is 19.5 Å². The number of aliphatic carboxylic acids is 1. The van der Waals surface area contributed by atoms with Crippen LogP contribution in [0.4, 0.5) is 4.79 Å². The van der Waals surface area contributed by atoms with Crippen molar-refractivity contribution in [2.24, 2.45) is 0 Å². The molecule has 1 aliphatic rings. The topological polar surface area (TPSA) is 93.1 Å². The lowest BCUT2D eigenvalue weighted by Gasteiger charge is -2.11. The normalized spacial score (nSPS) is 12.9. The van der Waals surface area contributed by atoms with Crippen LogP contribution in [-0.4, -0.2) is 54.3 Å². The lowest BCUT2D eigenvalue weighted by atomic mass is 10.5. The molecule has 0 spiro atoms. The van der Waals surface area contributed by atoms with Gasteiger partial charge in [-0.1, -0.05) is 13.2 Å². The monoisotopic (exact) mass is 257 g/mol. The minimum atomic E-state index is -0.981. The number of carbonyl (C=O) groups excluding carboxylic acids is 2. The molecule has 1 rings (SSSR count). The van der Waals surface area contributed by atoms with Gasteiger partial charge in [0, 0.05) is 12.2 Å². The summed E-state index contributed by atoms with van der Waals surface area (Å²) in [5.41, 5.74) is 0. The fourth-order valence-corrected chi connectivity index (χ4v) is 0.944. The van der Waals surface area contributed by atoms with Gasteiger partial charge in [-0.2, -0.15) is 0 Å². The van der Waals surface area contributed by atoms with Gasteiger partial charge in [-0.3, -0.25) is 0 Å². The third-order valence-electron chi connectivity index (χ3n) is 1.79. The molecule has 7 nitrogen and oxygen atoms in total. The van der Waals surface area contributed by atoms with Crippen LogP contribution in [0.1, 0.15) is 0 Å². The summed E-state index contributed by atoms with van der Waals surface area (Å²) in [5.74, 6) is -1.46. The van der Waals surface area contributed by atoms with E-state index in [0.717, 1.165) is 12.2 Å². The van der Waals surface area contributed by atoms with E-state index >= 15 is 0 Å². The minimum absolute atomic E-state index is 0.181. The number of carboxylic acid groups (broad SMARTS) is 1. The van der Waals surface area contributed by atoms with E-state index in [1.165, 1.54) is 4.90 Å². The summed E-state index contributed by atoms with van der Waals surface area (Å²) in [7, 11) is 0. The lowest BCUT2D eigenvalue weighted by molar-refractivity contribution is -0.138.